The molecule has 0 radical (unpaired) electrons. The van der Waals surface area contributed by atoms with E-state index >= 15 is 0 Å². The molecule has 1 aliphatic heterocycles. The highest BCUT2D eigenvalue weighted by Crippen LogP contribution is 2.27. The Morgan fingerprint density at radius 1 is 0.974 bits per heavy atom. The van der Waals surface area contributed by atoms with Crippen LogP contribution in [0.4, 0.5) is 11.4 Å². The van der Waals surface area contributed by atoms with Gasteiger partial charge in [0, 0.05) is 29.5 Å². The summed E-state index contributed by atoms with van der Waals surface area (Å²) in [6.07, 6.45) is 3.70. The van der Waals surface area contributed by atoms with Crippen LogP contribution in [0.3, 0.4) is 0 Å². The molecule has 0 atom stereocenters. The van der Waals surface area contributed by atoms with Gasteiger partial charge in [0.05, 0.1) is 23.3 Å². The van der Waals surface area contributed by atoms with E-state index in [1.807, 2.05) is 72.8 Å². The maximum absolute atomic E-state index is 12.4. The summed E-state index contributed by atoms with van der Waals surface area (Å²) in [6, 6.07) is 23.4. The van der Waals surface area contributed by atoms with Crippen LogP contribution in [0.25, 0.3) is 11.0 Å². The van der Waals surface area contributed by atoms with Crippen molar-refractivity contribution in [3.63, 3.8) is 0 Å². The zero-order chi connectivity index (χ0) is 26.3. The quantitative estimate of drug-likeness (QED) is 0.204. The number of carbonyl (C=O) groups excluding carboxylic acids is 2. The van der Waals surface area contributed by atoms with Crippen LogP contribution in [0.5, 0.6) is 0 Å². The molecule has 2 heterocycles. The molecule has 38 heavy (non-hydrogen) atoms. The molecular weight excluding hydrogens is 520 g/mol. The number of fused-ring (bicyclic) bond motifs is 1. The Balaban J connectivity index is 1.15. The van der Waals surface area contributed by atoms with Crippen LogP contribution < -0.4 is 10.2 Å². The van der Waals surface area contributed by atoms with Gasteiger partial charge >= 0.3 is 5.97 Å². The van der Waals surface area contributed by atoms with Crippen LogP contribution in [0.2, 0.25) is 5.02 Å². The molecule has 0 unspecified atom stereocenters. The van der Waals surface area contributed by atoms with Crippen LogP contribution in [-0.2, 0) is 20.9 Å². The van der Waals surface area contributed by atoms with E-state index in [2.05, 4.69) is 19.8 Å². The third-order valence-electron chi connectivity index (χ3n) is 6.41. The van der Waals surface area contributed by atoms with Crippen molar-refractivity contribution in [2.45, 2.75) is 31.0 Å². The number of benzene rings is 3. The van der Waals surface area contributed by atoms with E-state index in [1.165, 1.54) is 31.0 Å². The summed E-state index contributed by atoms with van der Waals surface area (Å²) in [5, 5.41) is 4.07. The van der Waals surface area contributed by atoms with Gasteiger partial charge in [-0.15, -0.1) is 0 Å². The fourth-order valence-electron chi connectivity index (χ4n) is 4.53. The van der Waals surface area contributed by atoms with E-state index in [0.29, 0.717) is 22.4 Å². The van der Waals surface area contributed by atoms with Crippen molar-refractivity contribution in [3.8, 4) is 0 Å². The number of thioether (sulfide) groups is 1. The van der Waals surface area contributed by atoms with Crippen molar-refractivity contribution in [1.82, 2.24) is 9.55 Å². The Hall–Kier alpha value is -3.49. The summed E-state index contributed by atoms with van der Waals surface area (Å²) in [5.41, 5.74) is 4.64. The van der Waals surface area contributed by atoms with Crippen molar-refractivity contribution in [2.24, 2.45) is 0 Å². The topological polar surface area (TPSA) is 76.5 Å². The lowest BCUT2D eigenvalue weighted by atomic mass is 10.1. The SMILES string of the molecule is O=C(COC(=O)CSc1nc2cc(Cl)ccc2n1Cc1ccccc1)Nc1ccc(N2CCCCC2)cc1. The number of nitrogens with zero attached hydrogens (tertiary/aromatic N) is 3. The minimum absolute atomic E-state index is 0.0314. The van der Waals surface area contributed by atoms with E-state index in [1.54, 1.807) is 0 Å². The second-order valence-electron chi connectivity index (χ2n) is 9.19. The van der Waals surface area contributed by atoms with E-state index in [9.17, 15) is 9.59 Å². The first-order valence-electron chi connectivity index (χ1n) is 12.7. The fraction of sp³-hybridized carbons (Fsp3) is 0.276. The number of piperidine rings is 1. The summed E-state index contributed by atoms with van der Waals surface area (Å²) >= 11 is 7.44. The van der Waals surface area contributed by atoms with Crippen LogP contribution in [0.15, 0.2) is 78.0 Å². The maximum Gasteiger partial charge on any atom is 0.316 e. The number of carbonyl (C=O) groups is 2. The number of hydrogen-bond acceptors (Lipinski definition) is 6. The number of imidazole rings is 1. The number of esters is 1. The first-order chi connectivity index (χ1) is 18.5. The lowest BCUT2D eigenvalue weighted by Gasteiger charge is -2.28. The average molecular weight is 549 g/mol. The zero-order valence-corrected chi connectivity index (χ0v) is 22.5. The lowest BCUT2D eigenvalue weighted by molar-refractivity contribution is -0.144. The molecule has 1 N–H and O–H groups in total. The Morgan fingerprint density at radius 3 is 2.50 bits per heavy atom. The van der Waals surface area contributed by atoms with Crippen molar-refractivity contribution in [3.05, 3.63) is 83.4 Å². The Morgan fingerprint density at radius 2 is 1.74 bits per heavy atom. The minimum Gasteiger partial charge on any atom is -0.455 e. The van der Waals surface area contributed by atoms with Gasteiger partial charge in [0.2, 0.25) is 0 Å². The number of rotatable bonds is 9. The Labute approximate surface area is 231 Å². The fourth-order valence-corrected chi connectivity index (χ4v) is 5.50. The van der Waals surface area contributed by atoms with E-state index in [4.69, 9.17) is 16.3 Å². The van der Waals surface area contributed by atoms with Gasteiger partial charge in [-0.1, -0.05) is 53.7 Å². The molecule has 1 fully saturated rings. The largest absolute Gasteiger partial charge is 0.455 e. The number of amides is 1. The molecule has 4 aromatic rings. The summed E-state index contributed by atoms with van der Waals surface area (Å²) in [5.74, 6) is -0.828. The molecule has 0 spiro atoms. The molecule has 1 aromatic heterocycles. The van der Waals surface area contributed by atoms with Crippen molar-refractivity contribution in [1.29, 1.82) is 0 Å². The second-order valence-corrected chi connectivity index (χ2v) is 10.6. The molecular formula is C29H29ClN4O3S. The molecule has 0 saturated carbocycles. The van der Waals surface area contributed by atoms with Crippen molar-refractivity contribution >= 4 is 57.6 Å². The van der Waals surface area contributed by atoms with Gasteiger partial charge in [-0.3, -0.25) is 9.59 Å². The normalized spacial score (nSPS) is 13.4. The summed E-state index contributed by atoms with van der Waals surface area (Å²) in [6.45, 7) is 2.39. The number of halogens is 1. The van der Waals surface area contributed by atoms with Crippen molar-refractivity contribution in [2.75, 3.05) is 35.7 Å². The summed E-state index contributed by atoms with van der Waals surface area (Å²) in [4.78, 5) is 31.8. The Kier molecular flexibility index (Phi) is 8.51. The third kappa shape index (κ3) is 6.68. The zero-order valence-electron chi connectivity index (χ0n) is 20.9. The van der Waals surface area contributed by atoms with Gasteiger partial charge in [0.25, 0.3) is 5.91 Å². The molecule has 196 valence electrons. The number of nitrogens with one attached hydrogen (secondary N) is 1. The molecule has 0 bridgehead atoms. The lowest BCUT2D eigenvalue weighted by Crippen LogP contribution is -2.29. The predicted octanol–water partition coefficient (Wildman–Crippen LogP) is 6.00. The van der Waals surface area contributed by atoms with Gasteiger partial charge in [-0.05, 0) is 67.3 Å². The van der Waals surface area contributed by atoms with Crippen LogP contribution in [0, 0.1) is 0 Å². The van der Waals surface area contributed by atoms with Crippen LogP contribution >= 0.6 is 23.4 Å². The Bertz CT molecular complexity index is 1400. The highest BCUT2D eigenvalue weighted by Gasteiger charge is 2.16. The first kappa shape index (κ1) is 26.1. The summed E-state index contributed by atoms with van der Waals surface area (Å²) < 4.78 is 7.28. The number of hydrogen-bond donors (Lipinski definition) is 1. The molecule has 3 aromatic carbocycles. The molecule has 5 rings (SSSR count). The second kappa shape index (κ2) is 12.4. The standard InChI is InChI=1S/C29H29ClN4O3S/c30-22-9-14-26-25(17-22)32-29(34(26)18-21-7-3-1-4-8-21)38-20-28(36)37-19-27(35)31-23-10-12-24(13-11-23)33-15-5-2-6-16-33/h1,3-4,7-14,17H,2,5-6,15-16,18-20H2,(H,31,35). The monoisotopic (exact) mass is 548 g/mol. The molecule has 1 saturated heterocycles. The van der Waals surface area contributed by atoms with Gasteiger partial charge in [-0.2, -0.15) is 0 Å². The highest BCUT2D eigenvalue weighted by atomic mass is 35.5. The van der Waals surface area contributed by atoms with Gasteiger partial charge in [0.15, 0.2) is 11.8 Å². The number of aromatic nitrogens is 2. The number of anilines is 2. The van der Waals surface area contributed by atoms with Crippen molar-refractivity contribution < 1.29 is 14.3 Å². The average Bonchev–Trinajstić information content (AvgIpc) is 3.28. The number of ether oxygens (including phenoxy) is 1. The van der Waals surface area contributed by atoms with E-state index in [0.717, 1.165) is 35.4 Å². The molecule has 1 amide bonds. The van der Waals surface area contributed by atoms with Gasteiger partial charge in [0.1, 0.15) is 0 Å². The molecule has 7 nitrogen and oxygen atoms in total. The van der Waals surface area contributed by atoms with Crippen LogP contribution in [-0.4, -0.2) is 46.9 Å². The summed E-state index contributed by atoms with van der Waals surface area (Å²) in [7, 11) is 0. The highest BCUT2D eigenvalue weighted by molar-refractivity contribution is 7.99. The van der Waals surface area contributed by atoms with E-state index in [-0.39, 0.29) is 18.3 Å². The first-order valence-corrected chi connectivity index (χ1v) is 14.0. The molecule has 0 aliphatic carbocycles. The van der Waals surface area contributed by atoms with Gasteiger partial charge < -0.3 is 19.5 Å². The third-order valence-corrected chi connectivity index (χ3v) is 7.60. The van der Waals surface area contributed by atoms with Gasteiger partial charge in [-0.25, -0.2) is 4.98 Å². The minimum atomic E-state index is -0.484. The van der Waals surface area contributed by atoms with Crippen LogP contribution in [0.1, 0.15) is 24.8 Å². The maximum atomic E-state index is 12.4. The molecule has 9 heteroatoms. The molecule has 1 aliphatic rings. The van der Waals surface area contributed by atoms with E-state index < -0.39 is 5.97 Å². The predicted molar refractivity (Wildman–Crippen MR) is 153 cm³/mol. The smallest absolute Gasteiger partial charge is 0.316 e.